The first kappa shape index (κ1) is 20.8. The van der Waals surface area contributed by atoms with Crippen molar-refractivity contribution in [2.75, 3.05) is 18.0 Å². The minimum Gasteiger partial charge on any atom is -0.372 e. The van der Waals surface area contributed by atoms with E-state index in [9.17, 15) is 9.59 Å². The average molecular weight is 450 g/mol. The van der Waals surface area contributed by atoms with Crippen LogP contribution in [0.1, 0.15) is 53.5 Å². The van der Waals surface area contributed by atoms with Crippen LogP contribution in [0.3, 0.4) is 0 Å². The van der Waals surface area contributed by atoms with Crippen molar-refractivity contribution in [2.45, 2.75) is 25.7 Å². The summed E-state index contributed by atoms with van der Waals surface area (Å²) in [5.74, 6) is -1.39. The molecule has 1 heterocycles. The van der Waals surface area contributed by atoms with E-state index in [1.807, 2.05) is 36.4 Å². The Morgan fingerprint density at radius 1 is 0.735 bits per heavy atom. The Labute approximate surface area is 199 Å². The molecule has 2 atom stereocenters. The van der Waals surface area contributed by atoms with Crippen LogP contribution >= 0.6 is 0 Å². The lowest BCUT2D eigenvalue weighted by atomic mass is 9.55. The molecule has 1 aliphatic heterocycles. The molecule has 7 rings (SSSR count). The van der Waals surface area contributed by atoms with Crippen molar-refractivity contribution in [3.63, 3.8) is 0 Å². The minimum absolute atomic E-state index is 0.104. The van der Waals surface area contributed by atoms with E-state index in [1.165, 1.54) is 22.3 Å². The molecule has 1 saturated heterocycles. The molecule has 2 amide bonds. The summed E-state index contributed by atoms with van der Waals surface area (Å²) in [5.41, 5.74) is 6.70. The smallest absolute Gasteiger partial charge is 0.254 e. The molecular formula is C29H27N3O2. The van der Waals surface area contributed by atoms with Gasteiger partial charge in [0, 0.05) is 30.6 Å². The number of carbonyl (C=O) groups excluding carboxylic acids is 2. The normalized spacial score (nSPS) is 24.4. The zero-order valence-corrected chi connectivity index (χ0v) is 19.4. The van der Waals surface area contributed by atoms with Gasteiger partial charge in [0.1, 0.15) is 0 Å². The van der Waals surface area contributed by atoms with Crippen LogP contribution in [-0.2, 0) is 9.59 Å². The summed E-state index contributed by atoms with van der Waals surface area (Å²) >= 11 is 0. The van der Waals surface area contributed by atoms with E-state index < -0.39 is 11.8 Å². The maximum Gasteiger partial charge on any atom is 0.254 e. The Hall–Kier alpha value is -3.73. The van der Waals surface area contributed by atoms with E-state index in [2.05, 4.69) is 60.2 Å². The van der Waals surface area contributed by atoms with Gasteiger partial charge in [-0.3, -0.25) is 9.59 Å². The number of hydrazone groups is 1. The molecule has 3 aliphatic carbocycles. The quantitative estimate of drug-likeness (QED) is 0.417. The Morgan fingerprint density at radius 3 is 1.59 bits per heavy atom. The maximum atomic E-state index is 13.6. The lowest BCUT2D eigenvalue weighted by molar-refractivity contribution is -0.139. The number of anilines is 1. The van der Waals surface area contributed by atoms with Crippen molar-refractivity contribution < 1.29 is 9.59 Å². The van der Waals surface area contributed by atoms with Crippen LogP contribution < -0.4 is 4.90 Å². The van der Waals surface area contributed by atoms with Gasteiger partial charge in [-0.15, -0.1) is 0 Å². The topological polar surface area (TPSA) is 53.0 Å². The molecule has 0 N–H and O–H groups in total. The molecule has 0 aromatic heterocycles. The van der Waals surface area contributed by atoms with Crippen molar-refractivity contribution in [1.82, 2.24) is 5.01 Å². The molecular weight excluding hydrogens is 422 g/mol. The predicted octanol–water partition coefficient (Wildman–Crippen LogP) is 4.76. The molecule has 0 spiro atoms. The van der Waals surface area contributed by atoms with E-state index >= 15 is 0 Å². The highest BCUT2D eigenvalue weighted by Crippen LogP contribution is 2.60. The number of benzene rings is 3. The van der Waals surface area contributed by atoms with Crippen LogP contribution in [0.4, 0.5) is 5.69 Å². The lowest BCUT2D eigenvalue weighted by Crippen LogP contribution is -2.41. The molecule has 0 radical (unpaired) electrons. The largest absolute Gasteiger partial charge is 0.372 e. The van der Waals surface area contributed by atoms with E-state index in [-0.39, 0.29) is 23.7 Å². The highest BCUT2D eigenvalue weighted by Gasteiger charge is 2.61. The Morgan fingerprint density at radius 2 is 1.18 bits per heavy atom. The zero-order valence-electron chi connectivity index (χ0n) is 19.4. The minimum atomic E-state index is -0.399. The number of imide groups is 1. The third-order valence-corrected chi connectivity index (χ3v) is 7.77. The number of rotatable bonds is 5. The van der Waals surface area contributed by atoms with E-state index in [1.54, 1.807) is 6.21 Å². The first-order valence-electron chi connectivity index (χ1n) is 12.1. The molecule has 5 nitrogen and oxygen atoms in total. The number of nitrogens with zero attached hydrogens (tertiary/aromatic N) is 3. The Bertz CT molecular complexity index is 1190. The molecule has 3 aromatic carbocycles. The second-order valence-electron chi connectivity index (χ2n) is 9.26. The first-order chi connectivity index (χ1) is 16.6. The third-order valence-electron chi connectivity index (χ3n) is 7.77. The van der Waals surface area contributed by atoms with Gasteiger partial charge in [0.05, 0.1) is 18.1 Å². The van der Waals surface area contributed by atoms with Gasteiger partial charge in [-0.05, 0) is 53.8 Å². The van der Waals surface area contributed by atoms with Crippen LogP contribution in [-0.4, -0.2) is 36.1 Å². The van der Waals surface area contributed by atoms with Gasteiger partial charge in [-0.1, -0.05) is 60.7 Å². The molecule has 1 fully saturated rings. The fourth-order valence-electron chi connectivity index (χ4n) is 6.26. The Balaban J connectivity index is 1.34. The fraction of sp³-hybridized carbons (Fsp3) is 0.276. The molecule has 0 saturated carbocycles. The van der Waals surface area contributed by atoms with Crippen molar-refractivity contribution in [3.8, 4) is 0 Å². The molecule has 4 aliphatic rings. The second-order valence-corrected chi connectivity index (χ2v) is 9.26. The summed E-state index contributed by atoms with van der Waals surface area (Å²) in [4.78, 5) is 29.4. The highest BCUT2D eigenvalue weighted by molar-refractivity contribution is 6.08. The summed E-state index contributed by atoms with van der Waals surface area (Å²) in [6.45, 7) is 6.15. The average Bonchev–Trinajstić information content (AvgIpc) is 3.14. The first-order valence-corrected chi connectivity index (χ1v) is 12.1. The molecule has 5 heteroatoms. The van der Waals surface area contributed by atoms with Crippen LogP contribution in [0.5, 0.6) is 0 Å². The van der Waals surface area contributed by atoms with E-state index in [0.29, 0.717) is 0 Å². The molecule has 170 valence electrons. The number of carbonyl (C=O) groups is 2. The monoisotopic (exact) mass is 449 g/mol. The Kier molecular flexibility index (Phi) is 4.87. The summed E-state index contributed by atoms with van der Waals surface area (Å²) < 4.78 is 0. The molecule has 0 unspecified atom stereocenters. The molecule has 34 heavy (non-hydrogen) atoms. The number of amides is 2. The van der Waals surface area contributed by atoms with Crippen LogP contribution in [0.15, 0.2) is 77.9 Å². The second kappa shape index (κ2) is 7.94. The van der Waals surface area contributed by atoms with Gasteiger partial charge in [0.25, 0.3) is 11.8 Å². The number of hydrogen-bond acceptors (Lipinski definition) is 4. The standard InChI is InChI=1S/C29H27N3O2/c1-3-31(4-2)19-15-13-18(14-16-19)17-30-32-28(33)26-24-20-9-5-6-10-21(20)25(27(26)29(32)34)23-12-8-7-11-22(23)24/h5-17,24-27H,3-4H2,1-2H3/b30-17-/t24?,25?,26-,27-/m1/s1. The van der Waals surface area contributed by atoms with E-state index in [0.717, 1.165) is 29.3 Å². The van der Waals surface area contributed by atoms with Gasteiger partial charge in [0.2, 0.25) is 0 Å². The summed E-state index contributed by atoms with van der Waals surface area (Å²) in [5, 5.41) is 5.54. The molecule has 3 aromatic rings. The van der Waals surface area contributed by atoms with Crippen molar-refractivity contribution in [1.29, 1.82) is 0 Å². The number of hydrogen-bond donors (Lipinski definition) is 0. The summed E-state index contributed by atoms with van der Waals surface area (Å²) in [6, 6.07) is 24.6. The van der Waals surface area contributed by atoms with Gasteiger partial charge in [-0.25, -0.2) is 0 Å². The van der Waals surface area contributed by atoms with Gasteiger partial charge in [-0.2, -0.15) is 10.1 Å². The van der Waals surface area contributed by atoms with Gasteiger partial charge in [0.15, 0.2) is 0 Å². The van der Waals surface area contributed by atoms with Crippen molar-refractivity contribution in [2.24, 2.45) is 16.9 Å². The SMILES string of the molecule is CCN(CC)c1ccc(/C=N\N2C(=O)[C@@H]3C4c5ccccc5C(c5ccccc54)[C@H]3C2=O)cc1. The van der Waals surface area contributed by atoms with E-state index in [4.69, 9.17) is 0 Å². The lowest BCUT2D eigenvalue weighted by Gasteiger charge is -2.45. The maximum absolute atomic E-state index is 13.6. The summed E-state index contributed by atoms with van der Waals surface area (Å²) in [6.07, 6.45) is 1.63. The predicted molar refractivity (Wildman–Crippen MR) is 133 cm³/mol. The zero-order chi connectivity index (χ0) is 23.4. The van der Waals surface area contributed by atoms with Gasteiger partial charge < -0.3 is 4.90 Å². The van der Waals surface area contributed by atoms with Crippen molar-refractivity contribution >= 4 is 23.7 Å². The summed E-state index contributed by atoms with van der Waals surface area (Å²) in [7, 11) is 0. The fourth-order valence-corrected chi connectivity index (χ4v) is 6.26. The van der Waals surface area contributed by atoms with Crippen LogP contribution in [0.25, 0.3) is 0 Å². The van der Waals surface area contributed by atoms with Crippen molar-refractivity contribution in [3.05, 3.63) is 101 Å². The third kappa shape index (κ3) is 2.89. The van der Waals surface area contributed by atoms with Crippen LogP contribution in [0.2, 0.25) is 0 Å². The molecule has 2 bridgehead atoms. The van der Waals surface area contributed by atoms with Crippen LogP contribution in [0, 0.1) is 11.8 Å². The van der Waals surface area contributed by atoms with Gasteiger partial charge >= 0.3 is 0 Å². The highest BCUT2D eigenvalue weighted by atomic mass is 16.2.